The third-order valence-electron chi connectivity index (χ3n) is 4.51. The number of esters is 1. The second kappa shape index (κ2) is 10.9. The Labute approximate surface area is 202 Å². The summed E-state index contributed by atoms with van der Waals surface area (Å²) in [5.74, 6) is -1.94. The van der Waals surface area contributed by atoms with E-state index in [9.17, 15) is 29.8 Å². The van der Waals surface area contributed by atoms with Crippen LogP contribution in [0.3, 0.4) is 0 Å². The Kier molecular flexibility index (Phi) is 7.69. The molecule has 0 aliphatic carbocycles. The number of non-ortho nitro benzene ring substituents is 1. The molecule has 0 aliphatic rings. The summed E-state index contributed by atoms with van der Waals surface area (Å²) in [7, 11) is 1.33. The fourth-order valence-corrected chi connectivity index (χ4v) is 3.02. The maximum absolute atomic E-state index is 12.8. The molecule has 0 fully saturated rings. The lowest BCUT2D eigenvalue weighted by atomic mass is 10.1. The highest BCUT2D eigenvalue weighted by molar-refractivity contribution is 6.31. The summed E-state index contributed by atoms with van der Waals surface area (Å²) in [5.41, 5.74) is 1.52. The molecule has 0 atom stereocenters. The van der Waals surface area contributed by atoms with Crippen LogP contribution in [0.5, 0.6) is 11.5 Å². The van der Waals surface area contributed by atoms with Crippen LogP contribution in [-0.2, 0) is 0 Å². The van der Waals surface area contributed by atoms with Gasteiger partial charge in [0.25, 0.3) is 11.6 Å². The molecular formula is C22H15ClN4O8. The number of halogens is 1. The van der Waals surface area contributed by atoms with Gasteiger partial charge >= 0.3 is 11.7 Å². The second-order valence-electron chi connectivity index (χ2n) is 6.69. The van der Waals surface area contributed by atoms with Crippen LogP contribution in [-0.4, -0.2) is 35.0 Å². The summed E-state index contributed by atoms with van der Waals surface area (Å²) in [5, 5.41) is 26.2. The van der Waals surface area contributed by atoms with Crippen LogP contribution >= 0.6 is 11.6 Å². The molecule has 3 rings (SSSR count). The SMILES string of the molecule is COc1ccc(Cl)cc1C(=O)Oc1c(/C=N/NC(=O)c2ccc([N+](=O)[O-])cc2)cccc1[N+](=O)[O-]. The van der Waals surface area contributed by atoms with Crippen molar-refractivity contribution >= 4 is 41.1 Å². The lowest BCUT2D eigenvalue weighted by Crippen LogP contribution is -2.18. The Balaban J connectivity index is 1.86. The number of amides is 1. The van der Waals surface area contributed by atoms with E-state index in [0.717, 1.165) is 24.4 Å². The summed E-state index contributed by atoms with van der Waals surface area (Å²) in [6.45, 7) is 0. The molecule has 12 nitrogen and oxygen atoms in total. The van der Waals surface area contributed by atoms with Gasteiger partial charge in [0.2, 0.25) is 5.75 Å². The molecule has 0 unspecified atom stereocenters. The Morgan fingerprint density at radius 3 is 2.37 bits per heavy atom. The molecule has 0 saturated heterocycles. The number of nitro benzene ring substituents is 2. The van der Waals surface area contributed by atoms with Crippen LogP contribution < -0.4 is 14.9 Å². The van der Waals surface area contributed by atoms with E-state index in [1.807, 2.05) is 0 Å². The third-order valence-corrected chi connectivity index (χ3v) is 4.74. The van der Waals surface area contributed by atoms with Crippen LogP contribution in [0.1, 0.15) is 26.3 Å². The van der Waals surface area contributed by atoms with Crippen LogP contribution in [0.25, 0.3) is 0 Å². The molecule has 0 aliphatic heterocycles. The zero-order valence-corrected chi connectivity index (χ0v) is 18.6. The zero-order valence-electron chi connectivity index (χ0n) is 17.8. The molecule has 0 radical (unpaired) electrons. The quantitative estimate of drug-likeness (QED) is 0.159. The number of para-hydroxylation sites is 1. The smallest absolute Gasteiger partial charge is 0.347 e. The van der Waals surface area contributed by atoms with E-state index in [1.54, 1.807) is 0 Å². The van der Waals surface area contributed by atoms with Crippen molar-refractivity contribution in [2.75, 3.05) is 7.11 Å². The van der Waals surface area contributed by atoms with Gasteiger partial charge in [0, 0.05) is 34.3 Å². The van der Waals surface area contributed by atoms with E-state index in [0.29, 0.717) is 0 Å². The first-order valence-corrected chi connectivity index (χ1v) is 10.00. The number of carbonyl (C=O) groups excluding carboxylic acids is 2. The standard InChI is InChI=1S/C22H15ClN4O8/c1-34-19-10-7-15(23)11-17(19)22(29)35-20-14(3-2-4-18(20)27(32)33)12-24-25-21(28)13-5-8-16(9-6-13)26(30)31/h2-12H,1H3,(H,25,28)/b24-12+. The van der Waals surface area contributed by atoms with Gasteiger partial charge in [-0.1, -0.05) is 17.7 Å². The highest BCUT2D eigenvalue weighted by atomic mass is 35.5. The summed E-state index contributed by atoms with van der Waals surface area (Å²) in [4.78, 5) is 45.9. The number of rotatable bonds is 8. The minimum atomic E-state index is -0.969. The number of hydrogen-bond acceptors (Lipinski definition) is 9. The number of carbonyl (C=O) groups is 2. The van der Waals surface area contributed by atoms with Gasteiger partial charge in [-0.25, -0.2) is 10.2 Å². The highest BCUT2D eigenvalue weighted by Crippen LogP contribution is 2.32. The van der Waals surface area contributed by atoms with Crippen LogP contribution in [0.4, 0.5) is 11.4 Å². The lowest BCUT2D eigenvalue weighted by molar-refractivity contribution is -0.385. The molecule has 3 aromatic carbocycles. The summed E-state index contributed by atoms with van der Waals surface area (Å²) < 4.78 is 10.4. The van der Waals surface area contributed by atoms with Gasteiger partial charge in [-0.2, -0.15) is 5.10 Å². The van der Waals surface area contributed by atoms with Crippen molar-refractivity contribution in [3.63, 3.8) is 0 Å². The Hall–Kier alpha value is -4.84. The summed E-state index contributed by atoms with van der Waals surface area (Å²) >= 11 is 5.94. The fourth-order valence-electron chi connectivity index (χ4n) is 2.85. The largest absolute Gasteiger partial charge is 0.496 e. The maximum Gasteiger partial charge on any atom is 0.347 e. The summed E-state index contributed by atoms with van der Waals surface area (Å²) in [6, 6.07) is 12.9. The van der Waals surface area contributed by atoms with E-state index in [2.05, 4.69) is 10.5 Å². The molecular weight excluding hydrogens is 484 g/mol. The molecule has 178 valence electrons. The van der Waals surface area contributed by atoms with Gasteiger partial charge in [0.1, 0.15) is 11.3 Å². The average molecular weight is 499 g/mol. The number of hydrogen-bond donors (Lipinski definition) is 1. The Bertz CT molecular complexity index is 1340. The van der Waals surface area contributed by atoms with Gasteiger partial charge in [-0.3, -0.25) is 25.0 Å². The molecule has 3 aromatic rings. The number of ether oxygens (including phenoxy) is 2. The van der Waals surface area contributed by atoms with E-state index in [-0.39, 0.29) is 33.1 Å². The van der Waals surface area contributed by atoms with E-state index in [4.69, 9.17) is 21.1 Å². The average Bonchev–Trinajstić information content (AvgIpc) is 2.84. The van der Waals surface area contributed by atoms with Gasteiger partial charge in [-0.05, 0) is 36.4 Å². The number of nitro groups is 2. The van der Waals surface area contributed by atoms with Crippen LogP contribution in [0.2, 0.25) is 5.02 Å². The second-order valence-corrected chi connectivity index (χ2v) is 7.13. The predicted octanol–water partition coefficient (Wildman–Crippen LogP) is 4.15. The number of nitrogens with one attached hydrogen (secondary N) is 1. The Morgan fingerprint density at radius 2 is 1.74 bits per heavy atom. The van der Waals surface area contributed by atoms with Crippen molar-refractivity contribution in [2.24, 2.45) is 5.10 Å². The van der Waals surface area contributed by atoms with E-state index < -0.39 is 33.2 Å². The highest BCUT2D eigenvalue weighted by Gasteiger charge is 2.24. The Morgan fingerprint density at radius 1 is 1.03 bits per heavy atom. The molecule has 35 heavy (non-hydrogen) atoms. The molecule has 1 amide bonds. The zero-order chi connectivity index (χ0) is 25.5. The number of methoxy groups -OCH3 is 1. The predicted molar refractivity (Wildman–Crippen MR) is 124 cm³/mol. The van der Waals surface area contributed by atoms with Crippen molar-refractivity contribution in [2.45, 2.75) is 0 Å². The maximum atomic E-state index is 12.8. The fraction of sp³-hybridized carbons (Fsp3) is 0.0455. The third kappa shape index (κ3) is 5.94. The monoisotopic (exact) mass is 498 g/mol. The van der Waals surface area contributed by atoms with Gasteiger partial charge in [0.15, 0.2) is 0 Å². The van der Waals surface area contributed by atoms with Crippen molar-refractivity contribution in [1.29, 1.82) is 0 Å². The minimum absolute atomic E-state index is 0.0116. The normalized spacial score (nSPS) is 10.6. The first kappa shape index (κ1) is 24.8. The topological polar surface area (TPSA) is 163 Å². The molecule has 0 aromatic heterocycles. The molecule has 13 heteroatoms. The van der Waals surface area contributed by atoms with Crippen LogP contribution in [0.15, 0.2) is 65.8 Å². The minimum Gasteiger partial charge on any atom is -0.496 e. The molecule has 0 bridgehead atoms. The van der Waals surface area contributed by atoms with Crippen molar-refractivity contribution in [1.82, 2.24) is 5.43 Å². The van der Waals surface area contributed by atoms with E-state index in [1.165, 1.54) is 49.6 Å². The first-order chi connectivity index (χ1) is 16.7. The van der Waals surface area contributed by atoms with Crippen molar-refractivity contribution < 1.29 is 28.9 Å². The molecule has 1 N–H and O–H groups in total. The van der Waals surface area contributed by atoms with Gasteiger partial charge in [0.05, 0.1) is 23.2 Å². The molecule has 0 spiro atoms. The first-order valence-electron chi connectivity index (χ1n) is 9.62. The summed E-state index contributed by atoms with van der Waals surface area (Å²) in [6.07, 6.45) is 1.05. The molecule has 0 saturated carbocycles. The van der Waals surface area contributed by atoms with Crippen molar-refractivity contribution in [3.8, 4) is 11.5 Å². The molecule has 0 heterocycles. The number of hydrazone groups is 1. The van der Waals surface area contributed by atoms with Gasteiger partial charge < -0.3 is 9.47 Å². The van der Waals surface area contributed by atoms with Crippen LogP contribution in [0, 0.1) is 20.2 Å². The number of nitrogens with zero attached hydrogens (tertiary/aromatic N) is 3. The lowest BCUT2D eigenvalue weighted by Gasteiger charge is -2.11. The van der Waals surface area contributed by atoms with E-state index >= 15 is 0 Å². The van der Waals surface area contributed by atoms with Gasteiger partial charge in [-0.15, -0.1) is 0 Å². The van der Waals surface area contributed by atoms with Crippen molar-refractivity contribution in [3.05, 3.63) is 103 Å². The number of benzene rings is 3.